The van der Waals surface area contributed by atoms with Gasteiger partial charge in [-0.1, -0.05) is 25.1 Å². The van der Waals surface area contributed by atoms with Crippen LogP contribution in [0.4, 0.5) is 4.79 Å². The zero-order valence-corrected chi connectivity index (χ0v) is 27.8. The summed E-state index contributed by atoms with van der Waals surface area (Å²) in [5, 5.41) is 3.10. The molecule has 0 atom stereocenters. The minimum absolute atomic E-state index is 0.0732. The first-order valence-electron chi connectivity index (χ1n) is 16.0. The molecule has 1 amide bonds. The fraction of sp³-hybridized carbons (Fsp3) is 0.405. The number of hydrogen-bond acceptors (Lipinski definition) is 5. The SMILES string of the molecule is CCc1ccc2c(c1)c(C(=O)c1cc3sccc3n1C)cn2CCCc1ccc(OC2CCN(C(=O)OC(C)(C)C)CC2)cc1. The minimum atomic E-state index is -0.484. The molecular weight excluding hydrogens is 582 g/mol. The molecule has 236 valence electrons. The summed E-state index contributed by atoms with van der Waals surface area (Å²) in [6.45, 7) is 9.93. The van der Waals surface area contributed by atoms with Gasteiger partial charge >= 0.3 is 6.09 Å². The molecule has 0 radical (unpaired) electrons. The van der Waals surface area contributed by atoms with E-state index < -0.39 is 5.60 Å². The Morgan fingerprint density at radius 1 is 0.956 bits per heavy atom. The van der Waals surface area contributed by atoms with E-state index in [2.05, 4.69) is 59.5 Å². The summed E-state index contributed by atoms with van der Waals surface area (Å²) in [4.78, 5) is 28.0. The van der Waals surface area contributed by atoms with Crippen LogP contribution in [0, 0.1) is 0 Å². The maximum atomic E-state index is 13.9. The van der Waals surface area contributed by atoms with Crippen LogP contribution in [0.1, 0.15) is 74.1 Å². The number of carbonyl (C=O) groups excluding carboxylic acids is 2. The Balaban J connectivity index is 1.07. The molecule has 0 saturated carbocycles. The molecule has 2 aromatic carbocycles. The Morgan fingerprint density at radius 3 is 2.38 bits per heavy atom. The second kappa shape index (κ2) is 12.8. The Bertz CT molecular complexity index is 1810. The lowest BCUT2D eigenvalue weighted by Crippen LogP contribution is -2.44. The number of nitrogens with zero attached hydrogens (tertiary/aromatic N) is 3. The van der Waals surface area contributed by atoms with Crippen LogP contribution in [-0.4, -0.2) is 50.7 Å². The monoisotopic (exact) mass is 625 g/mol. The van der Waals surface area contributed by atoms with E-state index in [1.54, 1.807) is 16.2 Å². The van der Waals surface area contributed by atoms with Crippen molar-refractivity contribution in [1.82, 2.24) is 14.0 Å². The maximum absolute atomic E-state index is 13.9. The van der Waals surface area contributed by atoms with Gasteiger partial charge in [0.1, 0.15) is 17.5 Å². The van der Waals surface area contributed by atoms with Crippen LogP contribution in [0.2, 0.25) is 0 Å². The van der Waals surface area contributed by atoms with E-state index in [1.165, 1.54) is 11.1 Å². The molecule has 1 aliphatic rings. The number of piperidine rings is 1. The van der Waals surface area contributed by atoms with Gasteiger partial charge in [-0.15, -0.1) is 11.3 Å². The van der Waals surface area contributed by atoms with E-state index in [1.807, 2.05) is 50.6 Å². The number of ether oxygens (including phenoxy) is 2. The highest BCUT2D eigenvalue weighted by atomic mass is 32.1. The lowest BCUT2D eigenvalue weighted by molar-refractivity contribution is 0.0126. The van der Waals surface area contributed by atoms with Crippen LogP contribution in [0.3, 0.4) is 0 Å². The third-order valence-corrected chi connectivity index (χ3v) is 9.53. The van der Waals surface area contributed by atoms with Crippen molar-refractivity contribution in [2.75, 3.05) is 13.1 Å². The summed E-state index contributed by atoms with van der Waals surface area (Å²) >= 11 is 1.67. The average molecular weight is 626 g/mol. The van der Waals surface area contributed by atoms with Crippen molar-refractivity contribution in [2.24, 2.45) is 7.05 Å². The molecule has 1 fully saturated rings. The van der Waals surface area contributed by atoms with Gasteiger partial charge in [0.25, 0.3) is 0 Å². The number of aromatic nitrogens is 2. The van der Waals surface area contributed by atoms with Crippen LogP contribution in [0.15, 0.2) is 66.2 Å². The molecule has 8 heteroatoms. The molecule has 0 bridgehead atoms. The van der Waals surface area contributed by atoms with E-state index >= 15 is 0 Å². The summed E-state index contributed by atoms with van der Waals surface area (Å²) < 4.78 is 17.2. The van der Waals surface area contributed by atoms with Gasteiger partial charge in [-0.3, -0.25) is 4.79 Å². The van der Waals surface area contributed by atoms with Crippen molar-refractivity contribution in [3.05, 3.63) is 88.6 Å². The summed E-state index contributed by atoms with van der Waals surface area (Å²) in [6, 6.07) is 19.0. The van der Waals surface area contributed by atoms with Crippen molar-refractivity contribution in [3.8, 4) is 5.75 Å². The Kier molecular flexibility index (Phi) is 8.78. The van der Waals surface area contributed by atoms with Gasteiger partial charge in [0.2, 0.25) is 5.78 Å². The highest BCUT2D eigenvalue weighted by molar-refractivity contribution is 7.17. The molecule has 45 heavy (non-hydrogen) atoms. The van der Waals surface area contributed by atoms with Gasteiger partial charge in [-0.2, -0.15) is 0 Å². The standard InChI is InChI=1S/C37H43N3O4S/c1-6-25-11-14-31-29(22-25)30(35(41)33-23-34-32(38(33)5)17-21-45-34)24-40(31)18-7-8-26-9-12-27(13-10-26)43-28-15-19-39(20-16-28)36(42)44-37(2,3)4/h9-14,17,21-24,28H,6-8,15-16,18-20H2,1-5H3. The number of ketones is 1. The molecule has 6 rings (SSSR count). The number of rotatable bonds is 9. The van der Waals surface area contributed by atoms with E-state index in [0.717, 1.165) is 76.8 Å². The molecule has 5 aromatic rings. The number of amides is 1. The topological polar surface area (TPSA) is 65.7 Å². The molecule has 0 unspecified atom stereocenters. The fourth-order valence-electron chi connectivity index (χ4n) is 6.20. The molecule has 0 N–H and O–H groups in total. The predicted octanol–water partition coefficient (Wildman–Crippen LogP) is 8.40. The number of carbonyl (C=O) groups is 2. The van der Waals surface area contributed by atoms with Crippen molar-refractivity contribution in [1.29, 1.82) is 0 Å². The summed E-state index contributed by atoms with van der Waals surface area (Å²) in [7, 11) is 1.98. The van der Waals surface area contributed by atoms with Crippen LogP contribution in [0.5, 0.6) is 5.75 Å². The Labute approximate surface area is 269 Å². The number of thiophene rings is 1. The third kappa shape index (κ3) is 6.81. The largest absolute Gasteiger partial charge is 0.490 e. The first-order valence-corrected chi connectivity index (χ1v) is 16.9. The first-order chi connectivity index (χ1) is 21.6. The molecule has 1 saturated heterocycles. The van der Waals surface area contributed by atoms with E-state index in [0.29, 0.717) is 13.1 Å². The first kappa shape index (κ1) is 31.0. The number of likely N-dealkylation sites (tertiary alicyclic amines) is 1. The number of fused-ring (bicyclic) bond motifs is 2. The van der Waals surface area contributed by atoms with Gasteiger partial charge in [-0.25, -0.2) is 4.79 Å². The lowest BCUT2D eigenvalue weighted by atomic mass is 10.0. The van der Waals surface area contributed by atoms with Crippen molar-refractivity contribution < 1.29 is 19.1 Å². The van der Waals surface area contributed by atoms with Crippen molar-refractivity contribution in [3.63, 3.8) is 0 Å². The normalized spacial score (nSPS) is 14.4. The Morgan fingerprint density at radius 2 is 1.69 bits per heavy atom. The molecule has 7 nitrogen and oxygen atoms in total. The third-order valence-electron chi connectivity index (χ3n) is 8.68. The smallest absolute Gasteiger partial charge is 0.410 e. The summed E-state index contributed by atoms with van der Waals surface area (Å²) in [5.41, 5.74) is 5.71. The van der Waals surface area contributed by atoms with E-state index in [4.69, 9.17) is 9.47 Å². The van der Waals surface area contributed by atoms with E-state index in [9.17, 15) is 9.59 Å². The van der Waals surface area contributed by atoms with Gasteiger partial charge in [-0.05, 0) is 92.9 Å². The molecule has 3 aromatic heterocycles. The highest BCUT2D eigenvalue weighted by Crippen LogP contribution is 2.30. The fourth-order valence-corrected chi connectivity index (χ4v) is 7.05. The summed E-state index contributed by atoms with van der Waals surface area (Å²) in [5.74, 6) is 0.935. The molecule has 1 aliphatic heterocycles. The van der Waals surface area contributed by atoms with Crippen LogP contribution in [-0.2, 0) is 31.2 Å². The zero-order valence-electron chi connectivity index (χ0n) is 27.0. The van der Waals surface area contributed by atoms with Crippen LogP contribution in [0.25, 0.3) is 21.1 Å². The van der Waals surface area contributed by atoms with Crippen LogP contribution >= 0.6 is 11.3 Å². The summed E-state index contributed by atoms with van der Waals surface area (Å²) in [6.07, 6.45) is 6.29. The van der Waals surface area contributed by atoms with Gasteiger partial charge in [0.05, 0.1) is 15.9 Å². The minimum Gasteiger partial charge on any atom is -0.490 e. The van der Waals surface area contributed by atoms with E-state index in [-0.39, 0.29) is 18.0 Å². The van der Waals surface area contributed by atoms with Gasteiger partial charge in [0, 0.05) is 62.2 Å². The second-order valence-corrected chi connectivity index (χ2v) is 14.0. The second-order valence-electron chi connectivity index (χ2n) is 13.1. The quantitative estimate of drug-likeness (QED) is 0.154. The Hall–Kier alpha value is -4.04. The maximum Gasteiger partial charge on any atom is 0.410 e. The number of hydrogen-bond donors (Lipinski definition) is 0. The van der Waals surface area contributed by atoms with Crippen LogP contribution < -0.4 is 4.74 Å². The van der Waals surface area contributed by atoms with Gasteiger partial charge in [0.15, 0.2) is 0 Å². The molecule has 4 heterocycles. The molecule has 0 spiro atoms. The highest BCUT2D eigenvalue weighted by Gasteiger charge is 2.28. The van der Waals surface area contributed by atoms with Crippen molar-refractivity contribution >= 4 is 44.3 Å². The number of aryl methyl sites for hydroxylation is 4. The lowest BCUT2D eigenvalue weighted by Gasteiger charge is -2.33. The van der Waals surface area contributed by atoms with Crippen molar-refractivity contribution in [2.45, 2.75) is 78.0 Å². The average Bonchev–Trinajstić information content (AvgIpc) is 3.72. The van der Waals surface area contributed by atoms with Gasteiger partial charge < -0.3 is 23.5 Å². The molecule has 0 aliphatic carbocycles. The zero-order chi connectivity index (χ0) is 31.7. The number of benzene rings is 2. The molecular formula is C37H43N3O4S. The predicted molar refractivity (Wildman–Crippen MR) is 182 cm³/mol.